The number of para-hydroxylation sites is 1. The van der Waals surface area contributed by atoms with Crippen LogP contribution in [-0.4, -0.2) is 9.97 Å². The van der Waals surface area contributed by atoms with Crippen molar-refractivity contribution in [2.45, 2.75) is 5.41 Å². The van der Waals surface area contributed by atoms with E-state index in [9.17, 15) is 0 Å². The van der Waals surface area contributed by atoms with Crippen LogP contribution in [0.25, 0.3) is 100 Å². The van der Waals surface area contributed by atoms with Gasteiger partial charge in [-0.2, -0.15) is 0 Å². The first kappa shape index (κ1) is 39.4. The number of nitrogens with zero attached hydrogens (tertiary/aromatic N) is 2. The van der Waals surface area contributed by atoms with Gasteiger partial charge in [0, 0.05) is 38.6 Å². The Bertz CT molecular complexity index is 3680. The van der Waals surface area contributed by atoms with E-state index in [2.05, 4.69) is 243 Å². The van der Waals surface area contributed by atoms with Crippen LogP contribution in [0.15, 0.2) is 259 Å². The van der Waals surface area contributed by atoms with Crippen molar-refractivity contribution in [3.05, 3.63) is 277 Å². The second-order valence-electron chi connectivity index (χ2n) is 17.6. The van der Waals surface area contributed by atoms with Crippen LogP contribution in [0.5, 0.6) is 0 Å². The maximum Gasteiger partial charge on any atom is 0.143 e. The summed E-state index contributed by atoms with van der Waals surface area (Å²) in [5.41, 5.74) is 20.8. The van der Waals surface area contributed by atoms with Gasteiger partial charge in [-0.3, -0.25) is 0 Å². The van der Waals surface area contributed by atoms with Gasteiger partial charge in [-0.05, 0) is 105 Å². The van der Waals surface area contributed by atoms with Crippen molar-refractivity contribution < 1.29 is 4.42 Å². The zero-order valence-corrected chi connectivity index (χ0v) is 37.1. The summed E-state index contributed by atoms with van der Waals surface area (Å²) >= 11 is 0. The Morgan fingerprint density at radius 1 is 0.309 bits per heavy atom. The average Bonchev–Trinajstić information content (AvgIpc) is 3.96. The largest absolute Gasteiger partial charge is 0.455 e. The van der Waals surface area contributed by atoms with E-state index >= 15 is 0 Å². The summed E-state index contributed by atoms with van der Waals surface area (Å²) in [7, 11) is 0. The number of fused-ring (bicyclic) bond motifs is 7. The fourth-order valence-corrected chi connectivity index (χ4v) is 10.7. The van der Waals surface area contributed by atoms with Gasteiger partial charge >= 0.3 is 0 Å². The van der Waals surface area contributed by atoms with Gasteiger partial charge in [0.15, 0.2) is 0 Å². The standard InChI is InChI=1S/C65H42N2O/c1-5-19-45(20-6-1)57-30-17-32-59(66-57)48-39-47(40-49(41-48)60-33-18-31-58(67-60)46-21-7-2-8-22-46)43-35-37-44(38-36-43)54-42-56-62(63-53-28-14-16-34-61(53)68-64(54)63)52-27-13-15-29-55(52)65(56,50-23-9-3-10-24-50)51-25-11-4-12-26-51/h1-42H. The Morgan fingerprint density at radius 3 is 1.37 bits per heavy atom. The molecule has 0 aliphatic heterocycles. The van der Waals surface area contributed by atoms with Gasteiger partial charge in [-0.25, -0.2) is 9.97 Å². The second kappa shape index (κ2) is 16.2. The van der Waals surface area contributed by atoms with E-state index < -0.39 is 5.41 Å². The molecule has 3 nitrogen and oxygen atoms in total. The fourth-order valence-electron chi connectivity index (χ4n) is 10.7. The fraction of sp³-hybridized carbons (Fsp3) is 0.0154. The average molecular weight is 867 g/mol. The summed E-state index contributed by atoms with van der Waals surface area (Å²) in [6.45, 7) is 0. The lowest BCUT2D eigenvalue weighted by Gasteiger charge is -2.34. The van der Waals surface area contributed by atoms with E-state index in [0.29, 0.717) is 0 Å². The van der Waals surface area contributed by atoms with Crippen molar-refractivity contribution in [1.82, 2.24) is 9.97 Å². The molecule has 68 heavy (non-hydrogen) atoms. The first-order valence-electron chi connectivity index (χ1n) is 23.2. The summed E-state index contributed by atoms with van der Waals surface area (Å²) in [6.07, 6.45) is 0. The van der Waals surface area contributed by atoms with Gasteiger partial charge in [0.1, 0.15) is 11.2 Å². The van der Waals surface area contributed by atoms with E-state index in [1.807, 2.05) is 12.1 Å². The van der Waals surface area contributed by atoms with Crippen LogP contribution in [0.2, 0.25) is 0 Å². The molecule has 0 saturated carbocycles. The lowest BCUT2D eigenvalue weighted by atomic mass is 9.67. The molecule has 0 atom stereocenters. The van der Waals surface area contributed by atoms with Crippen LogP contribution >= 0.6 is 0 Å². The van der Waals surface area contributed by atoms with E-state index in [-0.39, 0.29) is 0 Å². The minimum Gasteiger partial charge on any atom is -0.455 e. The van der Waals surface area contributed by atoms with Crippen LogP contribution < -0.4 is 0 Å². The predicted molar refractivity (Wildman–Crippen MR) is 279 cm³/mol. The predicted octanol–water partition coefficient (Wildman–Crippen LogP) is 16.7. The summed E-state index contributed by atoms with van der Waals surface area (Å²) in [6, 6.07) is 90.9. The van der Waals surface area contributed by atoms with Crippen molar-refractivity contribution in [2.75, 3.05) is 0 Å². The highest BCUT2D eigenvalue weighted by atomic mass is 16.3. The monoisotopic (exact) mass is 866 g/mol. The Balaban J connectivity index is 1.00. The van der Waals surface area contributed by atoms with Crippen molar-refractivity contribution in [2.24, 2.45) is 0 Å². The molecule has 318 valence electrons. The molecule has 13 rings (SSSR count). The number of benzene rings is 9. The minimum atomic E-state index is -0.565. The molecular formula is C65H42N2O. The molecule has 0 radical (unpaired) electrons. The number of pyridine rings is 2. The molecule has 1 aliphatic rings. The van der Waals surface area contributed by atoms with Gasteiger partial charge in [0.25, 0.3) is 0 Å². The molecule has 0 N–H and O–H groups in total. The second-order valence-corrected chi connectivity index (χ2v) is 17.6. The molecule has 0 saturated heterocycles. The van der Waals surface area contributed by atoms with E-state index in [0.717, 1.165) is 89.2 Å². The molecule has 0 spiro atoms. The molecule has 9 aromatic carbocycles. The number of rotatable bonds is 8. The maximum atomic E-state index is 6.97. The number of furan rings is 1. The smallest absolute Gasteiger partial charge is 0.143 e. The number of hydrogen-bond donors (Lipinski definition) is 0. The van der Waals surface area contributed by atoms with Crippen LogP contribution in [0.3, 0.4) is 0 Å². The van der Waals surface area contributed by atoms with E-state index in [1.54, 1.807) is 0 Å². The normalized spacial score (nSPS) is 12.5. The van der Waals surface area contributed by atoms with Crippen LogP contribution in [0.1, 0.15) is 22.3 Å². The molecule has 3 aromatic heterocycles. The molecule has 0 amide bonds. The lowest BCUT2D eigenvalue weighted by Crippen LogP contribution is -2.28. The third-order valence-electron chi connectivity index (χ3n) is 13.8. The molecule has 0 fully saturated rings. The van der Waals surface area contributed by atoms with Gasteiger partial charge in [0.05, 0.1) is 28.2 Å². The van der Waals surface area contributed by atoms with Crippen LogP contribution in [-0.2, 0) is 5.41 Å². The first-order valence-corrected chi connectivity index (χ1v) is 23.2. The van der Waals surface area contributed by atoms with Crippen LogP contribution in [0.4, 0.5) is 0 Å². The maximum absolute atomic E-state index is 6.97. The Kier molecular flexibility index (Phi) is 9.40. The molecule has 3 heteroatoms. The highest BCUT2D eigenvalue weighted by molar-refractivity contribution is 6.19. The topological polar surface area (TPSA) is 38.9 Å². The molecule has 1 aliphatic carbocycles. The highest BCUT2D eigenvalue weighted by Gasteiger charge is 2.47. The van der Waals surface area contributed by atoms with Gasteiger partial charge in [0.2, 0.25) is 0 Å². The van der Waals surface area contributed by atoms with Crippen LogP contribution in [0, 0.1) is 0 Å². The summed E-state index contributed by atoms with van der Waals surface area (Å²) in [4.78, 5) is 10.4. The van der Waals surface area contributed by atoms with Crippen molar-refractivity contribution in [1.29, 1.82) is 0 Å². The van der Waals surface area contributed by atoms with Crippen molar-refractivity contribution in [3.63, 3.8) is 0 Å². The third kappa shape index (κ3) is 6.43. The molecule has 0 unspecified atom stereocenters. The highest BCUT2D eigenvalue weighted by Crippen LogP contribution is 2.60. The number of hydrogen-bond acceptors (Lipinski definition) is 3. The zero-order valence-electron chi connectivity index (χ0n) is 37.1. The zero-order chi connectivity index (χ0) is 45.0. The Labute approximate surface area is 395 Å². The SMILES string of the molecule is c1ccc(-c2cccc(-c3cc(-c4ccc(-c5cc6c(c7c5oc5ccccc57)-c5ccccc5C6(c5ccccc5)c5ccccc5)cc4)cc(-c4cccc(-c5ccccc5)n4)c3)n2)cc1. The molecular weight excluding hydrogens is 825 g/mol. The minimum absolute atomic E-state index is 0.565. The summed E-state index contributed by atoms with van der Waals surface area (Å²) in [5.74, 6) is 0. The van der Waals surface area contributed by atoms with Gasteiger partial charge in [-0.1, -0.05) is 200 Å². The quantitative estimate of drug-likeness (QED) is 0.153. The first-order chi connectivity index (χ1) is 33.7. The van der Waals surface area contributed by atoms with Gasteiger partial charge in [-0.15, -0.1) is 0 Å². The Hall–Kier alpha value is -8.92. The third-order valence-corrected chi connectivity index (χ3v) is 13.8. The van der Waals surface area contributed by atoms with Crippen molar-refractivity contribution in [3.8, 4) is 78.4 Å². The van der Waals surface area contributed by atoms with E-state index in [1.165, 1.54) is 33.4 Å². The molecule has 3 heterocycles. The van der Waals surface area contributed by atoms with Gasteiger partial charge < -0.3 is 4.42 Å². The summed E-state index contributed by atoms with van der Waals surface area (Å²) < 4.78 is 6.97. The Morgan fingerprint density at radius 2 is 0.779 bits per heavy atom. The molecule has 0 bridgehead atoms. The number of aromatic nitrogens is 2. The lowest BCUT2D eigenvalue weighted by molar-refractivity contribution is 0.669. The van der Waals surface area contributed by atoms with E-state index in [4.69, 9.17) is 14.4 Å². The molecule has 12 aromatic rings. The summed E-state index contributed by atoms with van der Waals surface area (Å²) in [5, 5.41) is 2.26. The van der Waals surface area contributed by atoms with Crippen molar-refractivity contribution >= 4 is 21.9 Å².